The molecule has 2 rings (SSSR count). The van der Waals surface area contributed by atoms with Gasteiger partial charge in [-0.05, 0) is 40.2 Å². The Kier molecular flexibility index (Phi) is 6.20. The highest BCUT2D eigenvalue weighted by molar-refractivity contribution is 7.18. The Morgan fingerprint density at radius 2 is 1.92 bits per heavy atom. The summed E-state index contributed by atoms with van der Waals surface area (Å²) in [5.74, 6) is -1.13. The van der Waals surface area contributed by atoms with Gasteiger partial charge in [0.15, 0.2) is 5.78 Å². The largest absolute Gasteiger partial charge is 0.462 e. The summed E-state index contributed by atoms with van der Waals surface area (Å²) in [6, 6.07) is 0. The molecule has 140 valence electrons. The van der Waals surface area contributed by atoms with E-state index in [2.05, 4.69) is 10.4 Å². The number of nitrogens with one attached hydrogen (secondary N) is 1. The highest BCUT2D eigenvalue weighted by atomic mass is 35.5. The molecule has 0 aliphatic heterocycles. The lowest BCUT2D eigenvalue weighted by molar-refractivity contribution is -0.116. The van der Waals surface area contributed by atoms with Gasteiger partial charge in [-0.3, -0.25) is 14.3 Å². The Labute approximate surface area is 160 Å². The molecule has 0 unspecified atom stereocenters. The van der Waals surface area contributed by atoms with Crippen LogP contribution in [-0.4, -0.2) is 34.0 Å². The van der Waals surface area contributed by atoms with Gasteiger partial charge in [0.1, 0.15) is 11.5 Å². The third-order valence-corrected chi connectivity index (χ3v) is 5.64. The molecule has 0 radical (unpaired) electrons. The van der Waals surface area contributed by atoms with Gasteiger partial charge in [0.05, 0.1) is 33.5 Å². The van der Waals surface area contributed by atoms with Crippen LogP contribution in [0.2, 0.25) is 5.02 Å². The van der Waals surface area contributed by atoms with E-state index in [4.69, 9.17) is 16.3 Å². The number of rotatable bonds is 6. The molecule has 1 N–H and O–H groups in total. The van der Waals surface area contributed by atoms with E-state index in [0.29, 0.717) is 31.9 Å². The molecular weight excluding hydrogens is 378 g/mol. The van der Waals surface area contributed by atoms with Crippen molar-refractivity contribution < 1.29 is 19.1 Å². The molecule has 0 bridgehead atoms. The number of carbonyl (C=O) groups is 3. The van der Waals surface area contributed by atoms with Gasteiger partial charge in [-0.25, -0.2) is 4.79 Å². The number of halogens is 1. The minimum Gasteiger partial charge on any atom is -0.462 e. The third kappa shape index (κ3) is 3.96. The molecule has 2 heterocycles. The van der Waals surface area contributed by atoms with E-state index in [1.54, 1.807) is 27.7 Å². The topological polar surface area (TPSA) is 90.3 Å². The zero-order valence-electron chi connectivity index (χ0n) is 15.2. The maximum atomic E-state index is 12.4. The summed E-state index contributed by atoms with van der Waals surface area (Å²) in [5.41, 5.74) is 2.03. The van der Waals surface area contributed by atoms with Crippen molar-refractivity contribution in [3.63, 3.8) is 0 Å². The average molecular weight is 398 g/mol. The number of hydrogen-bond donors (Lipinski definition) is 1. The van der Waals surface area contributed by atoms with Gasteiger partial charge in [-0.2, -0.15) is 5.10 Å². The fraction of sp³-hybridized carbons (Fsp3) is 0.412. The second kappa shape index (κ2) is 8.01. The summed E-state index contributed by atoms with van der Waals surface area (Å²) >= 11 is 7.15. The monoisotopic (exact) mass is 397 g/mol. The smallest absolute Gasteiger partial charge is 0.341 e. The number of esters is 1. The van der Waals surface area contributed by atoms with Crippen LogP contribution in [0.15, 0.2) is 0 Å². The first-order chi connectivity index (χ1) is 12.2. The van der Waals surface area contributed by atoms with Gasteiger partial charge in [0.25, 0.3) is 0 Å². The van der Waals surface area contributed by atoms with Gasteiger partial charge in [0, 0.05) is 0 Å². The van der Waals surface area contributed by atoms with Crippen LogP contribution in [0.1, 0.15) is 50.8 Å². The maximum Gasteiger partial charge on any atom is 0.341 e. The predicted molar refractivity (Wildman–Crippen MR) is 100 cm³/mol. The molecule has 0 aliphatic carbocycles. The summed E-state index contributed by atoms with van der Waals surface area (Å²) in [6.07, 6.45) is 0. The first kappa shape index (κ1) is 20.1. The van der Waals surface area contributed by atoms with E-state index in [9.17, 15) is 14.4 Å². The number of ketones is 1. The number of anilines is 1. The standard InChI is InChI=1S/C17H20ClN3O4S/c1-6-25-17(24)13-8(2)15(11(5)22)26-16(13)19-12(23)7-21-10(4)14(18)9(3)20-21/h6-7H2,1-5H3,(H,19,23). The number of ether oxygens (including phenoxy) is 1. The van der Waals surface area contributed by atoms with Crippen molar-refractivity contribution in [1.82, 2.24) is 9.78 Å². The number of aryl methyl sites for hydroxylation is 1. The molecule has 0 atom stereocenters. The van der Waals surface area contributed by atoms with E-state index in [-0.39, 0.29) is 30.4 Å². The van der Waals surface area contributed by atoms with Crippen molar-refractivity contribution in [3.05, 3.63) is 32.4 Å². The fourth-order valence-corrected chi connectivity index (χ4v) is 3.76. The summed E-state index contributed by atoms with van der Waals surface area (Å²) in [7, 11) is 0. The van der Waals surface area contributed by atoms with Crippen LogP contribution in [0, 0.1) is 20.8 Å². The molecule has 26 heavy (non-hydrogen) atoms. The van der Waals surface area contributed by atoms with Crippen molar-refractivity contribution >= 4 is 45.6 Å². The summed E-state index contributed by atoms with van der Waals surface area (Å²) in [6.45, 7) is 8.42. The molecule has 1 amide bonds. The van der Waals surface area contributed by atoms with Crippen LogP contribution in [0.25, 0.3) is 0 Å². The average Bonchev–Trinajstić information content (AvgIpc) is 3.00. The van der Waals surface area contributed by atoms with Gasteiger partial charge in [-0.15, -0.1) is 11.3 Å². The Bertz CT molecular complexity index is 885. The summed E-state index contributed by atoms with van der Waals surface area (Å²) in [4.78, 5) is 36.9. The van der Waals surface area contributed by atoms with E-state index in [1.807, 2.05) is 0 Å². The Morgan fingerprint density at radius 3 is 2.42 bits per heavy atom. The van der Waals surface area contributed by atoms with Crippen molar-refractivity contribution in [2.45, 2.75) is 41.2 Å². The van der Waals surface area contributed by atoms with Crippen molar-refractivity contribution in [2.24, 2.45) is 0 Å². The SMILES string of the molecule is CCOC(=O)c1c(NC(=O)Cn2nc(C)c(Cl)c2C)sc(C(C)=O)c1C. The molecule has 2 aromatic rings. The molecule has 0 aliphatic rings. The van der Waals surface area contributed by atoms with E-state index < -0.39 is 5.97 Å². The maximum absolute atomic E-state index is 12.4. The third-order valence-electron chi connectivity index (χ3n) is 3.79. The Morgan fingerprint density at radius 1 is 1.27 bits per heavy atom. The number of Topliss-reactive ketones (excluding diaryl/α,β-unsaturated/α-hetero) is 1. The number of amides is 1. The lowest BCUT2D eigenvalue weighted by Crippen LogP contribution is -2.21. The Balaban J connectivity index is 2.31. The van der Waals surface area contributed by atoms with Gasteiger partial charge >= 0.3 is 5.97 Å². The highest BCUT2D eigenvalue weighted by Gasteiger charge is 2.25. The number of nitrogens with zero attached hydrogens (tertiary/aromatic N) is 2. The number of aromatic nitrogens is 2. The second-order valence-corrected chi connectivity index (χ2v) is 7.13. The molecule has 0 fully saturated rings. The van der Waals surface area contributed by atoms with Crippen molar-refractivity contribution in [3.8, 4) is 0 Å². The zero-order chi connectivity index (χ0) is 19.6. The highest BCUT2D eigenvalue weighted by Crippen LogP contribution is 2.34. The van der Waals surface area contributed by atoms with E-state index in [0.717, 1.165) is 11.3 Å². The van der Waals surface area contributed by atoms with Crippen molar-refractivity contribution in [2.75, 3.05) is 11.9 Å². The summed E-state index contributed by atoms with van der Waals surface area (Å²) < 4.78 is 6.54. The van der Waals surface area contributed by atoms with Gasteiger partial charge < -0.3 is 10.1 Å². The van der Waals surface area contributed by atoms with E-state index in [1.165, 1.54) is 11.6 Å². The minimum absolute atomic E-state index is 0.0615. The molecule has 9 heteroatoms. The normalized spacial score (nSPS) is 10.7. The van der Waals surface area contributed by atoms with Crippen molar-refractivity contribution in [1.29, 1.82) is 0 Å². The van der Waals surface area contributed by atoms with Crippen LogP contribution in [0.4, 0.5) is 5.00 Å². The van der Waals surface area contributed by atoms with Crippen LogP contribution < -0.4 is 5.32 Å². The van der Waals surface area contributed by atoms with Crippen LogP contribution in [0.5, 0.6) is 0 Å². The van der Waals surface area contributed by atoms with Crippen LogP contribution >= 0.6 is 22.9 Å². The molecule has 0 saturated carbocycles. The first-order valence-corrected chi connectivity index (χ1v) is 9.17. The van der Waals surface area contributed by atoms with Gasteiger partial charge in [-0.1, -0.05) is 11.6 Å². The molecule has 0 saturated heterocycles. The molecule has 2 aromatic heterocycles. The minimum atomic E-state index is -0.571. The molecular formula is C17H20ClN3O4S. The second-order valence-electron chi connectivity index (χ2n) is 5.73. The molecule has 0 spiro atoms. The number of hydrogen-bond acceptors (Lipinski definition) is 6. The Hall–Kier alpha value is -2.19. The lowest BCUT2D eigenvalue weighted by Gasteiger charge is -2.08. The lowest BCUT2D eigenvalue weighted by atomic mass is 10.1. The predicted octanol–water partition coefficient (Wildman–Crippen LogP) is 3.54. The quantitative estimate of drug-likeness (QED) is 0.594. The van der Waals surface area contributed by atoms with Crippen LogP contribution in [0.3, 0.4) is 0 Å². The number of thiophene rings is 1. The number of carbonyl (C=O) groups excluding carboxylic acids is 3. The first-order valence-electron chi connectivity index (χ1n) is 7.98. The zero-order valence-corrected chi connectivity index (χ0v) is 16.8. The molecule has 0 aromatic carbocycles. The summed E-state index contributed by atoms with van der Waals surface area (Å²) in [5, 5.41) is 7.71. The molecule has 7 nitrogen and oxygen atoms in total. The van der Waals surface area contributed by atoms with Crippen LogP contribution in [-0.2, 0) is 16.1 Å². The fourth-order valence-electron chi connectivity index (χ4n) is 2.52. The van der Waals surface area contributed by atoms with Gasteiger partial charge in [0.2, 0.25) is 5.91 Å². The van der Waals surface area contributed by atoms with E-state index >= 15 is 0 Å².